The van der Waals surface area contributed by atoms with Gasteiger partial charge in [-0.25, -0.2) is 9.37 Å². The lowest BCUT2D eigenvalue weighted by atomic mass is 10.2. The van der Waals surface area contributed by atoms with E-state index >= 15 is 0 Å². The van der Waals surface area contributed by atoms with Crippen LogP contribution in [0.15, 0.2) is 73.4 Å². The second-order valence-corrected chi connectivity index (χ2v) is 9.91. The summed E-state index contributed by atoms with van der Waals surface area (Å²) in [6.07, 6.45) is 2.89. The number of hydrogen-bond acceptors (Lipinski definition) is 6. The van der Waals surface area contributed by atoms with Gasteiger partial charge in [0.15, 0.2) is 18.1 Å². The summed E-state index contributed by atoms with van der Waals surface area (Å²) in [6, 6.07) is 14.5. The van der Waals surface area contributed by atoms with Crippen molar-refractivity contribution in [3.63, 3.8) is 0 Å². The lowest BCUT2D eigenvalue weighted by molar-refractivity contribution is -0.118. The number of anilines is 1. The van der Waals surface area contributed by atoms with Gasteiger partial charge >= 0.3 is 0 Å². The van der Waals surface area contributed by atoms with E-state index < -0.39 is 11.7 Å². The topological polar surface area (TPSA) is 94.8 Å². The van der Waals surface area contributed by atoms with E-state index in [1.165, 1.54) is 36.2 Å². The van der Waals surface area contributed by atoms with E-state index in [1.54, 1.807) is 30.3 Å². The number of nitrogens with zero attached hydrogens (tertiary/aromatic N) is 3. The molecule has 0 aliphatic carbocycles. The summed E-state index contributed by atoms with van der Waals surface area (Å²) >= 11 is 6.89. The second-order valence-electron chi connectivity index (χ2n) is 8.14. The van der Waals surface area contributed by atoms with E-state index in [0.717, 1.165) is 10.9 Å². The highest BCUT2D eigenvalue weighted by Crippen LogP contribution is 2.33. The number of carbonyl (C=O) groups excluding carboxylic acids is 1. The van der Waals surface area contributed by atoms with Gasteiger partial charge in [-0.1, -0.05) is 35.0 Å². The number of amides is 1. The number of rotatable bonds is 9. The van der Waals surface area contributed by atoms with Crippen LogP contribution in [0.4, 0.5) is 10.1 Å². The van der Waals surface area contributed by atoms with Crippen LogP contribution in [-0.4, -0.2) is 35.5 Å². The number of halogens is 3. The third-order valence-electron chi connectivity index (χ3n) is 5.45. The Hall–Kier alpha value is -3.57. The largest absolute Gasteiger partial charge is 0.493 e. The Morgan fingerprint density at radius 2 is 1.95 bits per heavy atom. The van der Waals surface area contributed by atoms with Crippen molar-refractivity contribution in [2.24, 2.45) is 5.10 Å². The van der Waals surface area contributed by atoms with Crippen molar-refractivity contribution in [3.8, 4) is 11.5 Å². The molecule has 0 atom stereocenters. The number of carbonyl (C=O) groups is 1. The number of benzene rings is 3. The molecule has 0 fully saturated rings. The van der Waals surface area contributed by atoms with Crippen LogP contribution in [0.25, 0.3) is 10.9 Å². The van der Waals surface area contributed by atoms with Crippen LogP contribution in [0.3, 0.4) is 0 Å². The minimum Gasteiger partial charge on any atom is -0.493 e. The molecule has 3 aromatic carbocycles. The summed E-state index contributed by atoms with van der Waals surface area (Å²) in [5.74, 6) is 0.112. The number of hydrogen-bond donors (Lipinski definition) is 1. The molecule has 4 rings (SSSR count). The maximum Gasteiger partial charge on any atom is 0.282 e. The molecule has 4 aromatic rings. The Bertz CT molecular complexity index is 1590. The number of methoxy groups -OCH3 is 1. The molecule has 0 spiro atoms. The zero-order valence-electron chi connectivity index (χ0n) is 20.5. The van der Waals surface area contributed by atoms with Crippen LogP contribution >= 0.6 is 31.9 Å². The number of aromatic nitrogens is 2. The Morgan fingerprint density at radius 3 is 2.68 bits per heavy atom. The van der Waals surface area contributed by atoms with Gasteiger partial charge in [0, 0.05) is 20.9 Å². The molecule has 0 aliphatic heterocycles. The standard InChI is InChI=1S/C27H23Br2FN4O4/c1-3-6-25-32-21-10-9-17(28)12-18(21)27(36)34(25)31-14-16-11-23(37-2)24(13-19(16)29)38-15-26(35)33-22-8-5-4-7-20(22)30/h4-5,7-14H,3,6,15H2,1-2H3,(H,33,35). The van der Waals surface area contributed by atoms with E-state index in [4.69, 9.17) is 9.47 Å². The van der Waals surface area contributed by atoms with Crippen LogP contribution < -0.4 is 20.3 Å². The first-order chi connectivity index (χ1) is 18.3. The molecular formula is C27H23Br2FN4O4. The molecule has 11 heteroatoms. The van der Waals surface area contributed by atoms with E-state index in [0.29, 0.717) is 44.7 Å². The van der Waals surface area contributed by atoms with E-state index in [1.807, 2.05) is 13.0 Å². The molecule has 0 saturated heterocycles. The Kier molecular flexibility index (Phi) is 8.90. The number of fused-ring (bicyclic) bond motifs is 1. The van der Waals surface area contributed by atoms with Crippen molar-refractivity contribution in [2.75, 3.05) is 19.0 Å². The summed E-state index contributed by atoms with van der Waals surface area (Å²) in [7, 11) is 1.46. The van der Waals surface area contributed by atoms with Crippen molar-refractivity contribution in [2.45, 2.75) is 19.8 Å². The third kappa shape index (κ3) is 6.28. The molecule has 196 valence electrons. The highest BCUT2D eigenvalue weighted by atomic mass is 79.9. The number of nitrogens with one attached hydrogen (secondary N) is 1. The average Bonchev–Trinajstić information content (AvgIpc) is 2.90. The number of para-hydroxylation sites is 1. The molecule has 1 heterocycles. The Balaban J connectivity index is 1.59. The zero-order chi connectivity index (χ0) is 27.2. The molecule has 8 nitrogen and oxygen atoms in total. The molecule has 0 radical (unpaired) electrons. The summed E-state index contributed by atoms with van der Waals surface area (Å²) in [4.78, 5) is 30.1. The zero-order valence-corrected chi connectivity index (χ0v) is 23.7. The molecule has 0 bridgehead atoms. The number of ether oxygens (including phenoxy) is 2. The molecule has 1 aromatic heterocycles. The molecule has 0 unspecified atom stereocenters. The fourth-order valence-electron chi connectivity index (χ4n) is 3.63. The Morgan fingerprint density at radius 1 is 1.16 bits per heavy atom. The van der Waals surface area contributed by atoms with Crippen LogP contribution in [0.2, 0.25) is 0 Å². The molecule has 0 aliphatic rings. The van der Waals surface area contributed by atoms with Gasteiger partial charge in [0.2, 0.25) is 0 Å². The first kappa shape index (κ1) is 27.5. The van der Waals surface area contributed by atoms with Crippen molar-refractivity contribution >= 4 is 60.6 Å². The first-order valence-corrected chi connectivity index (χ1v) is 13.2. The van der Waals surface area contributed by atoms with Crippen LogP contribution in [0.1, 0.15) is 24.7 Å². The van der Waals surface area contributed by atoms with Crippen LogP contribution in [0.5, 0.6) is 11.5 Å². The van der Waals surface area contributed by atoms with Crippen LogP contribution in [0, 0.1) is 5.82 Å². The van der Waals surface area contributed by atoms with Gasteiger partial charge in [-0.05, 0) is 64.8 Å². The quantitative estimate of drug-likeness (QED) is 0.228. The smallest absolute Gasteiger partial charge is 0.282 e. The second kappa shape index (κ2) is 12.3. The van der Waals surface area contributed by atoms with E-state index in [-0.39, 0.29) is 17.9 Å². The average molecular weight is 646 g/mol. The normalized spacial score (nSPS) is 11.2. The minimum absolute atomic E-state index is 0.0639. The van der Waals surface area contributed by atoms with Gasteiger partial charge in [0.25, 0.3) is 11.5 Å². The van der Waals surface area contributed by atoms with Crippen molar-refractivity contribution < 1.29 is 18.7 Å². The monoisotopic (exact) mass is 644 g/mol. The summed E-state index contributed by atoms with van der Waals surface area (Å²) in [5.41, 5.74) is 0.999. The van der Waals surface area contributed by atoms with E-state index in [9.17, 15) is 14.0 Å². The van der Waals surface area contributed by atoms with Gasteiger partial charge in [0.1, 0.15) is 11.6 Å². The fraction of sp³-hybridized carbons (Fsp3) is 0.185. The van der Waals surface area contributed by atoms with Crippen LogP contribution in [-0.2, 0) is 11.2 Å². The lowest BCUT2D eigenvalue weighted by Gasteiger charge is -2.13. The van der Waals surface area contributed by atoms with Gasteiger partial charge in [-0.15, -0.1) is 0 Å². The van der Waals surface area contributed by atoms with Gasteiger partial charge < -0.3 is 14.8 Å². The molecule has 38 heavy (non-hydrogen) atoms. The molecular weight excluding hydrogens is 623 g/mol. The lowest BCUT2D eigenvalue weighted by Crippen LogP contribution is -2.22. The Labute approximate surface area is 234 Å². The third-order valence-corrected chi connectivity index (χ3v) is 6.63. The maximum absolute atomic E-state index is 13.8. The minimum atomic E-state index is -0.541. The molecule has 1 N–H and O–H groups in total. The van der Waals surface area contributed by atoms with E-state index in [2.05, 4.69) is 47.3 Å². The first-order valence-electron chi connectivity index (χ1n) is 11.6. The highest BCUT2D eigenvalue weighted by molar-refractivity contribution is 9.10. The molecule has 0 saturated carbocycles. The van der Waals surface area contributed by atoms with Crippen molar-refractivity contribution in [1.82, 2.24) is 9.66 Å². The van der Waals surface area contributed by atoms with Gasteiger partial charge in [-0.3, -0.25) is 9.59 Å². The van der Waals surface area contributed by atoms with Gasteiger partial charge in [-0.2, -0.15) is 9.78 Å². The predicted octanol–water partition coefficient (Wildman–Crippen LogP) is 5.92. The van der Waals surface area contributed by atoms with Crippen molar-refractivity contribution in [3.05, 3.63) is 91.1 Å². The predicted molar refractivity (Wildman–Crippen MR) is 152 cm³/mol. The maximum atomic E-state index is 13.8. The molecule has 1 amide bonds. The fourth-order valence-corrected chi connectivity index (χ4v) is 4.42. The van der Waals surface area contributed by atoms with Gasteiger partial charge in [0.05, 0.1) is 29.9 Å². The summed E-state index contributed by atoms with van der Waals surface area (Å²) in [6.45, 7) is 1.64. The number of aryl methyl sites for hydroxylation is 1. The van der Waals surface area contributed by atoms with Crippen molar-refractivity contribution in [1.29, 1.82) is 0 Å². The summed E-state index contributed by atoms with van der Waals surface area (Å²) < 4.78 is 27.5. The highest BCUT2D eigenvalue weighted by Gasteiger charge is 2.14. The summed E-state index contributed by atoms with van der Waals surface area (Å²) in [5, 5.41) is 7.36. The SMILES string of the molecule is CCCc1nc2ccc(Br)cc2c(=O)n1N=Cc1cc(OC)c(OCC(=O)Nc2ccccc2F)cc1Br.